The second kappa shape index (κ2) is 9.80. The Hall–Kier alpha value is -0.416. The summed E-state index contributed by atoms with van der Waals surface area (Å²) < 4.78 is 14.0. The lowest BCUT2D eigenvalue weighted by Gasteiger charge is -2.52. The molecule has 6 atom stereocenters. The molecule has 0 amide bonds. The fourth-order valence-corrected chi connectivity index (χ4v) is 8.28. The molecule has 3 aliphatic carbocycles. The van der Waals surface area contributed by atoms with Crippen LogP contribution in [0.1, 0.15) is 87.0 Å². The van der Waals surface area contributed by atoms with Crippen LogP contribution in [0, 0.1) is 41.4 Å². The molecule has 3 nitrogen and oxygen atoms in total. The van der Waals surface area contributed by atoms with Crippen molar-refractivity contribution in [3.05, 3.63) is 0 Å². The van der Waals surface area contributed by atoms with Crippen molar-refractivity contribution >= 4 is 22.4 Å². The van der Waals surface area contributed by atoms with E-state index in [0.717, 1.165) is 12.8 Å². The molecule has 34 heavy (non-hydrogen) atoms. The van der Waals surface area contributed by atoms with Crippen LogP contribution in [0.5, 0.6) is 0 Å². The van der Waals surface area contributed by atoms with Crippen molar-refractivity contribution in [1.82, 2.24) is 0 Å². The SMILES string of the molecule is CC1C(=O)[C@@H]2CC[C@H](O[Si](C)(C)C(C)(C)C)[C@@H](C#C[C@@H](O[Si](C)(C)C(C)(C)C)C3CCCC3)[C@H]12. The van der Waals surface area contributed by atoms with Crippen LogP contribution in [-0.2, 0) is 13.6 Å². The van der Waals surface area contributed by atoms with E-state index in [1.165, 1.54) is 25.7 Å². The maximum absolute atomic E-state index is 12.6. The Bertz CT molecular complexity index is 802. The van der Waals surface area contributed by atoms with Crippen LogP contribution in [0.3, 0.4) is 0 Å². The number of carbonyl (C=O) groups is 1. The zero-order valence-corrected chi connectivity index (χ0v) is 26.0. The molecule has 0 aromatic carbocycles. The van der Waals surface area contributed by atoms with E-state index in [9.17, 15) is 4.79 Å². The number of rotatable bonds is 5. The van der Waals surface area contributed by atoms with E-state index in [0.29, 0.717) is 17.6 Å². The van der Waals surface area contributed by atoms with E-state index in [1.54, 1.807) is 0 Å². The van der Waals surface area contributed by atoms with Gasteiger partial charge in [0.1, 0.15) is 11.9 Å². The molecule has 3 saturated carbocycles. The van der Waals surface area contributed by atoms with Gasteiger partial charge in [0.15, 0.2) is 16.6 Å². The molecule has 0 aliphatic heterocycles. The molecule has 0 aromatic heterocycles. The number of hydrogen-bond acceptors (Lipinski definition) is 3. The Morgan fingerprint density at radius 1 is 0.882 bits per heavy atom. The first-order chi connectivity index (χ1) is 15.5. The molecule has 0 N–H and O–H groups in total. The molecule has 3 rings (SSSR count). The van der Waals surface area contributed by atoms with E-state index in [1.807, 2.05) is 0 Å². The molecule has 0 radical (unpaired) electrons. The van der Waals surface area contributed by atoms with Gasteiger partial charge in [-0.05, 0) is 73.8 Å². The summed E-state index contributed by atoms with van der Waals surface area (Å²) in [5, 5.41) is 0.338. The van der Waals surface area contributed by atoms with Crippen molar-refractivity contribution < 1.29 is 13.6 Å². The summed E-state index contributed by atoms with van der Waals surface area (Å²) in [5.74, 6) is 9.29. The minimum Gasteiger partial charge on any atom is -0.413 e. The van der Waals surface area contributed by atoms with Gasteiger partial charge in [-0.3, -0.25) is 4.79 Å². The maximum Gasteiger partial charge on any atom is 0.193 e. The van der Waals surface area contributed by atoms with E-state index < -0.39 is 16.6 Å². The standard InChI is InChI=1S/C29H52O3Si2/c1-20-26-22(25(19-17-23(26)27(20)30)32-34(10,11)29(5,6)7)16-18-24(21-14-12-13-15-21)31-33(8,9)28(2,3)4/h20-26H,12-15,17,19H2,1-11H3/t20?,22-,23-,24-,25+,26+/m1/s1. The normalized spacial score (nSPS) is 32.0. The molecule has 0 bridgehead atoms. The minimum atomic E-state index is -1.92. The molecule has 5 heteroatoms. The van der Waals surface area contributed by atoms with E-state index in [4.69, 9.17) is 8.85 Å². The molecular formula is C29H52O3Si2. The first kappa shape index (κ1) is 28.2. The number of fused-ring (bicyclic) bond motifs is 1. The van der Waals surface area contributed by atoms with Crippen molar-refractivity contribution in [2.45, 2.75) is 135 Å². The van der Waals surface area contributed by atoms with E-state index in [2.05, 4.69) is 86.5 Å². The van der Waals surface area contributed by atoms with Crippen LogP contribution >= 0.6 is 0 Å². The van der Waals surface area contributed by atoms with Crippen LogP contribution in [0.15, 0.2) is 0 Å². The number of carbonyl (C=O) groups excluding carboxylic acids is 1. The largest absolute Gasteiger partial charge is 0.413 e. The highest BCUT2D eigenvalue weighted by molar-refractivity contribution is 6.74. The summed E-state index contributed by atoms with van der Waals surface area (Å²) in [4.78, 5) is 12.6. The lowest BCUT2D eigenvalue weighted by Crippen LogP contribution is -2.57. The number of hydrogen-bond donors (Lipinski definition) is 0. The topological polar surface area (TPSA) is 35.5 Å². The lowest BCUT2D eigenvalue weighted by molar-refractivity contribution is -0.151. The second-order valence-electron chi connectivity index (χ2n) is 14.5. The summed E-state index contributed by atoms with van der Waals surface area (Å²) in [6.45, 7) is 25.4. The highest BCUT2D eigenvalue weighted by Gasteiger charge is 2.56. The summed E-state index contributed by atoms with van der Waals surface area (Å²) in [6.07, 6.45) is 7.12. The molecule has 194 valence electrons. The van der Waals surface area contributed by atoms with Crippen LogP contribution in [-0.4, -0.2) is 34.6 Å². The quantitative estimate of drug-likeness (QED) is 0.283. The maximum atomic E-state index is 12.6. The van der Waals surface area contributed by atoms with Crippen LogP contribution in [0.4, 0.5) is 0 Å². The molecule has 3 fully saturated rings. The van der Waals surface area contributed by atoms with E-state index in [-0.39, 0.29) is 40.0 Å². The lowest BCUT2D eigenvalue weighted by atomic mass is 9.53. The van der Waals surface area contributed by atoms with Gasteiger partial charge in [-0.15, -0.1) is 0 Å². The molecule has 3 aliphatic rings. The van der Waals surface area contributed by atoms with E-state index >= 15 is 0 Å². The van der Waals surface area contributed by atoms with Gasteiger partial charge in [0, 0.05) is 17.8 Å². The molecule has 0 saturated heterocycles. The van der Waals surface area contributed by atoms with Gasteiger partial charge in [-0.1, -0.05) is 73.1 Å². The van der Waals surface area contributed by atoms with Gasteiger partial charge in [0.25, 0.3) is 0 Å². The average molecular weight is 505 g/mol. The summed E-state index contributed by atoms with van der Waals surface area (Å²) in [5.41, 5.74) is 0. The van der Waals surface area contributed by atoms with Crippen molar-refractivity contribution in [3.63, 3.8) is 0 Å². The van der Waals surface area contributed by atoms with Gasteiger partial charge in [0.2, 0.25) is 0 Å². The Kier molecular flexibility index (Phi) is 8.12. The zero-order chi connectivity index (χ0) is 25.7. The average Bonchev–Trinajstić information content (AvgIpc) is 3.23. The van der Waals surface area contributed by atoms with Gasteiger partial charge < -0.3 is 8.85 Å². The predicted octanol–water partition coefficient (Wildman–Crippen LogP) is 7.82. The second-order valence-corrected chi connectivity index (χ2v) is 24.0. The van der Waals surface area contributed by atoms with Crippen LogP contribution in [0.2, 0.25) is 36.3 Å². The Morgan fingerprint density at radius 2 is 1.44 bits per heavy atom. The molecule has 0 spiro atoms. The number of Topliss-reactive ketones (excluding diaryl/α,β-unsaturated/α-hetero) is 1. The van der Waals surface area contributed by atoms with Crippen molar-refractivity contribution in [3.8, 4) is 11.8 Å². The molecule has 0 heterocycles. The first-order valence-corrected chi connectivity index (χ1v) is 19.7. The minimum absolute atomic E-state index is 0.0170. The summed E-state index contributed by atoms with van der Waals surface area (Å²) in [7, 11) is -3.85. The van der Waals surface area contributed by atoms with Gasteiger partial charge in [-0.25, -0.2) is 0 Å². The number of ketones is 1. The predicted molar refractivity (Wildman–Crippen MR) is 148 cm³/mol. The van der Waals surface area contributed by atoms with Gasteiger partial charge in [0.05, 0.1) is 6.10 Å². The van der Waals surface area contributed by atoms with Crippen LogP contribution < -0.4 is 0 Å². The van der Waals surface area contributed by atoms with Crippen molar-refractivity contribution in [2.75, 3.05) is 0 Å². The monoisotopic (exact) mass is 504 g/mol. The third-order valence-corrected chi connectivity index (χ3v) is 19.1. The first-order valence-electron chi connectivity index (χ1n) is 13.9. The Labute approximate surface area is 212 Å². The Balaban J connectivity index is 1.92. The fourth-order valence-electron chi connectivity index (χ4n) is 5.67. The third kappa shape index (κ3) is 5.61. The summed E-state index contributed by atoms with van der Waals surface area (Å²) >= 11 is 0. The Morgan fingerprint density at radius 3 is 1.97 bits per heavy atom. The highest BCUT2D eigenvalue weighted by atomic mass is 28.4. The molecule has 0 aromatic rings. The third-order valence-electron chi connectivity index (χ3n) is 10.1. The van der Waals surface area contributed by atoms with Gasteiger partial charge >= 0.3 is 0 Å². The van der Waals surface area contributed by atoms with Crippen molar-refractivity contribution in [1.29, 1.82) is 0 Å². The van der Waals surface area contributed by atoms with Gasteiger partial charge in [-0.2, -0.15) is 0 Å². The zero-order valence-electron chi connectivity index (χ0n) is 24.0. The smallest absolute Gasteiger partial charge is 0.193 e. The molecule has 1 unspecified atom stereocenters. The van der Waals surface area contributed by atoms with Crippen LogP contribution in [0.25, 0.3) is 0 Å². The fraction of sp³-hybridized carbons (Fsp3) is 0.897. The van der Waals surface area contributed by atoms with Crippen molar-refractivity contribution in [2.24, 2.45) is 29.6 Å². The summed E-state index contributed by atoms with van der Waals surface area (Å²) in [6, 6.07) is 0. The highest BCUT2D eigenvalue weighted by Crippen LogP contribution is 2.51. The molecular weight excluding hydrogens is 452 g/mol.